The number of nitrogens with one attached hydrogen (secondary N) is 3. The zero-order valence-electron chi connectivity index (χ0n) is 11.7. The van der Waals surface area contributed by atoms with Gasteiger partial charge >= 0.3 is 0 Å². The molecular formula is C12H25IN4OS. The molecule has 0 aromatic rings. The zero-order valence-corrected chi connectivity index (χ0v) is 14.8. The topological polar surface area (TPSA) is 65.5 Å². The number of hydrogen-bond donors (Lipinski definition) is 3. The SMILES string of the molecule is CCNC(=O)CN=C(NCC)NCC1CCCS1.I. The van der Waals surface area contributed by atoms with Gasteiger partial charge in [0.05, 0.1) is 0 Å². The van der Waals surface area contributed by atoms with E-state index < -0.39 is 0 Å². The minimum absolute atomic E-state index is 0. The van der Waals surface area contributed by atoms with Gasteiger partial charge in [-0.2, -0.15) is 11.8 Å². The van der Waals surface area contributed by atoms with Gasteiger partial charge in [-0.15, -0.1) is 24.0 Å². The predicted octanol–water partition coefficient (Wildman–Crippen LogP) is 1.19. The lowest BCUT2D eigenvalue weighted by atomic mass is 10.2. The molecule has 1 rings (SSSR count). The lowest BCUT2D eigenvalue weighted by Crippen LogP contribution is -2.41. The monoisotopic (exact) mass is 400 g/mol. The van der Waals surface area contributed by atoms with Crippen molar-refractivity contribution in [1.29, 1.82) is 0 Å². The minimum Gasteiger partial charge on any atom is -0.357 e. The molecule has 1 unspecified atom stereocenters. The van der Waals surface area contributed by atoms with Gasteiger partial charge in [0.25, 0.3) is 0 Å². The molecule has 7 heteroatoms. The summed E-state index contributed by atoms with van der Waals surface area (Å²) in [5.74, 6) is 1.96. The Labute approximate surface area is 137 Å². The number of thioether (sulfide) groups is 1. The van der Waals surface area contributed by atoms with Gasteiger partial charge in [0.1, 0.15) is 6.54 Å². The smallest absolute Gasteiger partial charge is 0.241 e. The van der Waals surface area contributed by atoms with Crippen LogP contribution in [0.1, 0.15) is 26.7 Å². The number of carbonyl (C=O) groups excluding carboxylic acids is 1. The molecule has 0 aromatic carbocycles. The third-order valence-electron chi connectivity index (χ3n) is 2.62. The third kappa shape index (κ3) is 8.56. The van der Waals surface area contributed by atoms with Crippen molar-refractivity contribution in [3.05, 3.63) is 0 Å². The van der Waals surface area contributed by atoms with E-state index in [0.29, 0.717) is 11.8 Å². The van der Waals surface area contributed by atoms with Crippen molar-refractivity contribution in [3.63, 3.8) is 0 Å². The highest BCUT2D eigenvalue weighted by atomic mass is 127. The lowest BCUT2D eigenvalue weighted by Gasteiger charge is -2.14. The van der Waals surface area contributed by atoms with Crippen molar-refractivity contribution in [1.82, 2.24) is 16.0 Å². The number of likely N-dealkylation sites (N-methyl/N-ethyl adjacent to an activating group) is 1. The van der Waals surface area contributed by atoms with E-state index in [2.05, 4.69) is 20.9 Å². The number of nitrogens with zero attached hydrogens (tertiary/aromatic N) is 1. The molecule has 112 valence electrons. The van der Waals surface area contributed by atoms with Crippen LogP contribution >= 0.6 is 35.7 Å². The number of halogens is 1. The fourth-order valence-corrected chi connectivity index (χ4v) is 2.96. The number of guanidine groups is 1. The van der Waals surface area contributed by atoms with Gasteiger partial charge in [-0.25, -0.2) is 4.99 Å². The van der Waals surface area contributed by atoms with E-state index in [4.69, 9.17) is 0 Å². The summed E-state index contributed by atoms with van der Waals surface area (Å²) in [6, 6.07) is 0. The van der Waals surface area contributed by atoms with Gasteiger partial charge in [0.15, 0.2) is 5.96 Å². The van der Waals surface area contributed by atoms with E-state index in [0.717, 1.165) is 19.0 Å². The second-order valence-corrected chi connectivity index (χ2v) is 5.57. The molecule has 0 saturated carbocycles. The number of aliphatic imine (C=N–C) groups is 1. The maximum Gasteiger partial charge on any atom is 0.241 e. The Balaban J connectivity index is 0.00000324. The molecular weight excluding hydrogens is 375 g/mol. The first kappa shape index (κ1) is 18.8. The van der Waals surface area contributed by atoms with Crippen molar-refractivity contribution in [2.75, 3.05) is 31.9 Å². The summed E-state index contributed by atoms with van der Waals surface area (Å²) >= 11 is 2.01. The van der Waals surface area contributed by atoms with Crippen LogP contribution < -0.4 is 16.0 Å². The molecule has 0 radical (unpaired) electrons. The summed E-state index contributed by atoms with van der Waals surface area (Å²) < 4.78 is 0. The highest BCUT2D eigenvalue weighted by Crippen LogP contribution is 2.25. The highest BCUT2D eigenvalue weighted by molar-refractivity contribution is 14.0. The summed E-state index contributed by atoms with van der Waals surface area (Å²) in [7, 11) is 0. The van der Waals surface area contributed by atoms with Crippen molar-refractivity contribution >= 4 is 47.6 Å². The Hall–Kier alpha value is -0.180. The number of hydrogen-bond acceptors (Lipinski definition) is 3. The average Bonchev–Trinajstić information content (AvgIpc) is 2.86. The zero-order chi connectivity index (χ0) is 13.2. The second-order valence-electron chi connectivity index (χ2n) is 4.16. The Morgan fingerprint density at radius 3 is 2.58 bits per heavy atom. The van der Waals surface area contributed by atoms with E-state index in [1.54, 1.807) is 0 Å². The molecule has 1 atom stereocenters. The van der Waals surface area contributed by atoms with Gasteiger partial charge in [0.2, 0.25) is 5.91 Å². The standard InChI is InChI=1S/C12H24N4OS.HI/c1-3-13-11(17)9-16-12(14-4-2)15-8-10-6-5-7-18-10;/h10H,3-9H2,1-2H3,(H,13,17)(H2,14,15,16);1H. The highest BCUT2D eigenvalue weighted by Gasteiger charge is 2.15. The Bertz CT molecular complexity index is 283. The molecule has 1 heterocycles. The summed E-state index contributed by atoms with van der Waals surface area (Å²) in [6.07, 6.45) is 2.58. The van der Waals surface area contributed by atoms with E-state index in [1.807, 2.05) is 25.6 Å². The molecule has 1 amide bonds. The fraction of sp³-hybridized carbons (Fsp3) is 0.833. The van der Waals surface area contributed by atoms with Crippen LogP contribution in [0.15, 0.2) is 4.99 Å². The van der Waals surface area contributed by atoms with Crippen molar-refractivity contribution in [3.8, 4) is 0 Å². The molecule has 0 aliphatic carbocycles. The maximum absolute atomic E-state index is 11.3. The second kappa shape index (κ2) is 11.6. The van der Waals surface area contributed by atoms with Crippen LogP contribution in [0.4, 0.5) is 0 Å². The van der Waals surface area contributed by atoms with Gasteiger partial charge in [-0.05, 0) is 32.4 Å². The first-order valence-corrected chi connectivity index (χ1v) is 7.71. The van der Waals surface area contributed by atoms with Crippen LogP contribution in [0.2, 0.25) is 0 Å². The van der Waals surface area contributed by atoms with Crippen LogP contribution in [-0.4, -0.2) is 49.0 Å². The normalized spacial score (nSPS) is 18.6. The van der Waals surface area contributed by atoms with Crippen LogP contribution in [0.25, 0.3) is 0 Å². The fourth-order valence-electron chi connectivity index (χ4n) is 1.76. The Morgan fingerprint density at radius 1 is 1.26 bits per heavy atom. The summed E-state index contributed by atoms with van der Waals surface area (Å²) in [5, 5.41) is 9.87. The van der Waals surface area contributed by atoms with Gasteiger partial charge in [-0.1, -0.05) is 0 Å². The van der Waals surface area contributed by atoms with Gasteiger partial charge in [0, 0.05) is 24.9 Å². The van der Waals surface area contributed by atoms with Crippen molar-refractivity contribution < 1.29 is 4.79 Å². The Kier molecular flexibility index (Phi) is 11.5. The number of rotatable bonds is 6. The largest absolute Gasteiger partial charge is 0.357 e. The van der Waals surface area contributed by atoms with Crippen LogP contribution in [0.5, 0.6) is 0 Å². The molecule has 1 fully saturated rings. The molecule has 0 bridgehead atoms. The molecule has 0 aromatic heterocycles. The van der Waals surface area contributed by atoms with Crippen molar-refractivity contribution in [2.24, 2.45) is 4.99 Å². The van der Waals surface area contributed by atoms with Crippen LogP contribution in [0.3, 0.4) is 0 Å². The minimum atomic E-state index is -0.0371. The quantitative estimate of drug-likeness (QED) is 0.356. The number of carbonyl (C=O) groups is 1. The van der Waals surface area contributed by atoms with Gasteiger partial charge < -0.3 is 16.0 Å². The van der Waals surface area contributed by atoms with Crippen molar-refractivity contribution in [2.45, 2.75) is 31.9 Å². The summed E-state index contributed by atoms with van der Waals surface area (Å²) in [6.45, 7) is 6.49. The summed E-state index contributed by atoms with van der Waals surface area (Å²) in [5.41, 5.74) is 0. The molecule has 1 aliphatic rings. The molecule has 1 saturated heterocycles. The molecule has 5 nitrogen and oxygen atoms in total. The number of amides is 1. The average molecular weight is 400 g/mol. The predicted molar refractivity (Wildman–Crippen MR) is 93.6 cm³/mol. The maximum atomic E-state index is 11.3. The Morgan fingerprint density at radius 2 is 2.00 bits per heavy atom. The van der Waals surface area contributed by atoms with E-state index in [-0.39, 0.29) is 36.4 Å². The lowest BCUT2D eigenvalue weighted by molar-refractivity contribution is -0.119. The summed E-state index contributed by atoms with van der Waals surface area (Å²) in [4.78, 5) is 15.6. The molecule has 3 N–H and O–H groups in total. The van der Waals surface area contributed by atoms with E-state index in [9.17, 15) is 4.79 Å². The van der Waals surface area contributed by atoms with Gasteiger partial charge in [-0.3, -0.25) is 4.79 Å². The third-order valence-corrected chi connectivity index (χ3v) is 4.02. The van der Waals surface area contributed by atoms with E-state index >= 15 is 0 Å². The molecule has 0 spiro atoms. The first-order valence-electron chi connectivity index (χ1n) is 6.66. The van der Waals surface area contributed by atoms with E-state index in [1.165, 1.54) is 18.6 Å². The van der Waals surface area contributed by atoms with Crippen LogP contribution in [0, 0.1) is 0 Å². The molecule has 1 aliphatic heterocycles. The molecule has 19 heavy (non-hydrogen) atoms. The van der Waals surface area contributed by atoms with Crippen LogP contribution in [-0.2, 0) is 4.79 Å². The first-order chi connectivity index (χ1) is 8.76.